The number of benzene rings is 1. The fourth-order valence-corrected chi connectivity index (χ4v) is 1.57. The molecule has 1 N–H and O–H groups in total. The summed E-state index contributed by atoms with van der Waals surface area (Å²) in [6.45, 7) is 3.99. The second-order valence-electron chi connectivity index (χ2n) is 3.21. The highest BCUT2D eigenvalue weighted by Crippen LogP contribution is 2.26. The third-order valence-electron chi connectivity index (χ3n) is 1.85. The molecule has 0 heterocycles. The fourth-order valence-electron chi connectivity index (χ4n) is 1.06. The molecule has 0 aliphatic carbocycles. The number of hydrogen-bond acceptors (Lipinski definition) is 1. The maximum atomic E-state index is 11.4. The number of carbonyl (C=O) groups excluding carboxylic acids is 1. The minimum Gasteiger partial charge on any atom is -0.348 e. The summed E-state index contributed by atoms with van der Waals surface area (Å²) >= 11 is 15.0. The van der Waals surface area contributed by atoms with Crippen LogP contribution in [0.3, 0.4) is 0 Å². The van der Waals surface area contributed by atoms with E-state index in [2.05, 4.69) is 27.8 Å². The molecule has 0 aliphatic rings. The largest absolute Gasteiger partial charge is 0.348 e. The standard InChI is InChI=1S/C12H10BrCl2NO/c1-8(13)7-16-11(17)6-5-9-3-2-4-10(14)12(9)15/h2-6H,1,7H2,(H,16,17)/b6-5+. The van der Waals surface area contributed by atoms with Crippen molar-refractivity contribution in [2.24, 2.45) is 0 Å². The van der Waals surface area contributed by atoms with E-state index >= 15 is 0 Å². The van der Waals surface area contributed by atoms with Gasteiger partial charge in [0.1, 0.15) is 0 Å². The van der Waals surface area contributed by atoms with Crippen molar-refractivity contribution in [1.29, 1.82) is 0 Å². The van der Waals surface area contributed by atoms with Gasteiger partial charge in [0.15, 0.2) is 0 Å². The van der Waals surface area contributed by atoms with Crippen LogP contribution < -0.4 is 5.32 Å². The van der Waals surface area contributed by atoms with E-state index in [0.29, 0.717) is 26.6 Å². The average molecular weight is 335 g/mol. The Morgan fingerprint density at radius 2 is 2.18 bits per heavy atom. The molecule has 0 spiro atoms. The lowest BCUT2D eigenvalue weighted by atomic mass is 10.2. The summed E-state index contributed by atoms with van der Waals surface area (Å²) in [5, 5.41) is 3.53. The van der Waals surface area contributed by atoms with Crippen LogP contribution in [0.5, 0.6) is 0 Å². The molecule has 2 nitrogen and oxygen atoms in total. The molecule has 90 valence electrons. The highest BCUT2D eigenvalue weighted by atomic mass is 79.9. The van der Waals surface area contributed by atoms with Gasteiger partial charge in [-0.3, -0.25) is 4.79 Å². The molecule has 0 bridgehead atoms. The maximum Gasteiger partial charge on any atom is 0.244 e. The van der Waals surface area contributed by atoms with E-state index in [1.165, 1.54) is 6.08 Å². The molecular weight excluding hydrogens is 325 g/mol. The first-order valence-electron chi connectivity index (χ1n) is 4.74. The Balaban J connectivity index is 2.67. The van der Waals surface area contributed by atoms with Crippen LogP contribution in [0.2, 0.25) is 10.0 Å². The van der Waals surface area contributed by atoms with Gasteiger partial charge in [0.25, 0.3) is 0 Å². The molecule has 0 unspecified atom stereocenters. The van der Waals surface area contributed by atoms with Gasteiger partial charge in [0.05, 0.1) is 10.0 Å². The van der Waals surface area contributed by atoms with Crippen LogP contribution in [0, 0.1) is 0 Å². The van der Waals surface area contributed by atoms with Gasteiger partial charge in [0.2, 0.25) is 5.91 Å². The highest BCUT2D eigenvalue weighted by Gasteiger charge is 2.01. The summed E-state index contributed by atoms with van der Waals surface area (Å²) < 4.78 is 0.708. The van der Waals surface area contributed by atoms with Crippen molar-refractivity contribution in [3.8, 4) is 0 Å². The van der Waals surface area contributed by atoms with Gasteiger partial charge >= 0.3 is 0 Å². The van der Waals surface area contributed by atoms with Crippen molar-refractivity contribution in [1.82, 2.24) is 5.32 Å². The molecule has 17 heavy (non-hydrogen) atoms. The van der Waals surface area contributed by atoms with Crippen molar-refractivity contribution in [2.75, 3.05) is 6.54 Å². The number of halogens is 3. The van der Waals surface area contributed by atoms with Crippen molar-refractivity contribution < 1.29 is 4.79 Å². The molecule has 0 aliphatic heterocycles. The second kappa shape index (κ2) is 6.84. The van der Waals surface area contributed by atoms with E-state index in [1.54, 1.807) is 24.3 Å². The van der Waals surface area contributed by atoms with Gasteiger partial charge in [-0.2, -0.15) is 0 Å². The Kier molecular flexibility index (Phi) is 5.75. The molecule has 0 fully saturated rings. The van der Waals surface area contributed by atoms with Gasteiger partial charge < -0.3 is 5.32 Å². The molecule has 1 amide bonds. The van der Waals surface area contributed by atoms with Crippen molar-refractivity contribution >= 4 is 51.1 Å². The van der Waals surface area contributed by atoms with Crippen molar-refractivity contribution in [3.63, 3.8) is 0 Å². The lowest BCUT2D eigenvalue weighted by Gasteiger charge is -2.01. The zero-order chi connectivity index (χ0) is 12.8. The molecular formula is C12H10BrCl2NO. The van der Waals surface area contributed by atoms with Gasteiger partial charge in [-0.1, -0.05) is 57.8 Å². The highest BCUT2D eigenvalue weighted by molar-refractivity contribution is 9.11. The summed E-state index contributed by atoms with van der Waals surface area (Å²) in [5.74, 6) is -0.221. The van der Waals surface area contributed by atoms with Crippen LogP contribution in [-0.4, -0.2) is 12.5 Å². The number of amides is 1. The Morgan fingerprint density at radius 1 is 1.47 bits per heavy atom. The third kappa shape index (κ3) is 4.94. The molecule has 0 radical (unpaired) electrons. The quantitative estimate of drug-likeness (QED) is 0.827. The minimum absolute atomic E-state index is 0.221. The van der Waals surface area contributed by atoms with Crippen LogP contribution in [0.4, 0.5) is 0 Å². The lowest BCUT2D eigenvalue weighted by molar-refractivity contribution is -0.116. The summed E-state index contributed by atoms with van der Waals surface area (Å²) in [5.41, 5.74) is 0.701. The molecule has 1 aromatic carbocycles. The van der Waals surface area contributed by atoms with E-state index in [1.807, 2.05) is 0 Å². The Labute approximate surface area is 118 Å². The summed E-state index contributed by atoms with van der Waals surface area (Å²) in [7, 11) is 0. The second-order valence-corrected chi connectivity index (χ2v) is 5.12. The smallest absolute Gasteiger partial charge is 0.244 e. The molecule has 5 heteroatoms. The van der Waals surface area contributed by atoms with E-state index < -0.39 is 0 Å². The van der Waals surface area contributed by atoms with Gasteiger partial charge in [0, 0.05) is 17.1 Å². The summed E-state index contributed by atoms with van der Waals surface area (Å²) in [6, 6.07) is 5.24. The predicted molar refractivity (Wildman–Crippen MR) is 76.6 cm³/mol. The van der Waals surface area contributed by atoms with E-state index in [4.69, 9.17) is 23.2 Å². The van der Waals surface area contributed by atoms with Crippen molar-refractivity contribution in [2.45, 2.75) is 0 Å². The van der Waals surface area contributed by atoms with Gasteiger partial charge in [-0.15, -0.1) is 0 Å². The first-order chi connectivity index (χ1) is 8.00. The van der Waals surface area contributed by atoms with Crippen LogP contribution in [0.1, 0.15) is 5.56 Å². The SMILES string of the molecule is C=C(Br)CNC(=O)/C=C/c1cccc(Cl)c1Cl. The van der Waals surface area contributed by atoms with Gasteiger partial charge in [-0.05, 0) is 17.7 Å². The molecule has 0 saturated heterocycles. The average Bonchev–Trinajstić information content (AvgIpc) is 2.28. The number of hydrogen-bond donors (Lipinski definition) is 1. The summed E-state index contributed by atoms with van der Waals surface area (Å²) in [4.78, 5) is 11.4. The molecule has 0 atom stereocenters. The van der Waals surface area contributed by atoms with Crippen LogP contribution in [0.25, 0.3) is 6.08 Å². The third-order valence-corrected chi connectivity index (χ3v) is 2.96. The molecule has 1 aromatic rings. The van der Waals surface area contributed by atoms with Crippen LogP contribution in [-0.2, 0) is 4.79 Å². The first kappa shape index (κ1) is 14.3. The number of rotatable bonds is 4. The first-order valence-corrected chi connectivity index (χ1v) is 6.29. The Bertz CT molecular complexity index is 472. The molecule has 0 aromatic heterocycles. The van der Waals surface area contributed by atoms with Crippen molar-refractivity contribution in [3.05, 3.63) is 50.9 Å². The molecule has 1 rings (SSSR count). The van der Waals surface area contributed by atoms with E-state index in [0.717, 1.165) is 0 Å². The lowest BCUT2D eigenvalue weighted by Crippen LogP contribution is -2.21. The monoisotopic (exact) mass is 333 g/mol. The number of carbonyl (C=O) groups is 1. The predicted octanol–water partition coefficient (Wildman–Crippen LogP) is 4.03. The summed E-state index contributed by atoms with van der Waals surface area (Å²) in [6.07, 6.45) is 3.01. The van der Waals surface area contributed by atoms with E-state index in [9.17, 15) is 4.79 Å². The van der Waals surface area contributed by atoms with Crippen LogP contribution >= 0.6 is 39.1 Å². The number of nitrogens with one attached hydrogen (secondary N) is 1. The zero-order valence-electron chi connectivity index (χ0n) is 8.84. The minimum atomic E-state index is -0.221. The Hall–Kier alpha value is -0.770. The normalized spacial score (nSPS) is 10.5. The maximum absolute atomic E-state index is 11.4. The topological polar surface area (TPSA) is 29.1 Å². The van der Waals surface area contributed by atoms with Crippen LogP contribution in [0.15, 0.2) is 35.3 Å². The Morgan fingerprint density at radius 3 is 2.82 bits per heavy atom. The molecule has 0 saturated carbocycles. The van der Waals surface area contributed by atoms with E-state index in [-0.39, 0.29) is 5.91 Å². The van der Waals surface area contributed by atoms with Gasteiger partial charge in [-0.25, -0.2) is 0 Å². The zero-order valence-corrected chi connectivity index (χ0v) is 11.9. The fraction of sp³-hybridized carbons (Fsp3) is 0.0833.